The molecule has 0 aromatic carbocycles. The van der Waals surface area contributed by atoms with Gasteiger partial charge in [0.2, 0.25) is 5.91 Å². The zero-order valence-corrected chi connectivity index (χ0v) is 24.3. The molecule has 0 N–H and O–H groups in total. The summed E-state index contributed by atoms with van der Waals surface area (Å²) in [5.41, 5.74) is 1.18. The molecule has 2 heterocycles. The monoisotopic (exact) mass is 540 g/mol. The van der Waals surface area contributed by atoms with Crippen LogP contribution in [0.1, 0.15) is 124 Å². The first kappa shape index (κ1) is 27.4. The Balaban J connectivity index is 1.45. The van der Waals surface area contributed by atoms with Crippen LogP contribution in [0.3, 0.4) is 0 Å². The molecule has 0 unspecified atom stereocenters. The molecule has 5 rings (SSSR count). The molecule has 0 radical (unpaired) electrons. The van der Waals surface area contributed by atoms with Crippen LogP contribution in [0.2, 0.25) is 0 Å². The van der Waals surface area contributed by atoms with E-state index in [1.54, 1.807) is 24.0 Å². The summed E-state index contributed by atoms with van der Waals surface area (Å²) < 4.78 is 7.22. The molecule has 2 aromatic rings. The lowest BCUT2D eigenvalue weighted by Gasteiger charge is -2.39. The maximum atomic E-state index is 14.3. The number of thiophene rings is 1. The fraction of sp³-hybridized carbons (Fsp3) is 0.733. The smallest absolute Gasteiger partial charge is 0.350 e. The molecule has 3 fully saturated rings. The van der Waals surface area contributed by atoms with Gasteiger partial charge in [-0.05, 0) is 100 Å². The van der Waals surface area contributed by atoms with Gasteiger partial charge in [-0.3, -0.25) is 4.79 Å². The number of methoxy groups -OCH3 is 1. The molecule has 2 aromatic heterocycles. The quantitative estimate of drug-likeness (QED) is 0.364. The number of nitrogens with zero attached hydrogens (tertiary/aromatic N) is 4. The minimum absolute atomic E-state index is 0.0311. The summed E-state index contributed by atoms with van der Waals surface area (Å²) in [5, 5.41) is 4.36. The van der Waals surface area contributed by atoms with Crippen molar-refractivity contribution in [3.8, 4) is 0 Å². The largest absolute Gasteiger partial charge is 0.465 e. The average molecular weight is 541 g/mol. The van der Waals surface area contributed by atoms with E-state index >= 15 is 0 Å². The second-order valence-corrected chi connectivity index (χ2v) is 13.9. The number of hydrogen-bond donors (Lipinski definition) is 0. The van der Waals surface area contributed by atoms with Crippen LogP contribution in [0.4, 0.5) is 5.69 Å². The van der Waals surface area contributed by atoms with Gasteiger partial charge in [0.1, 0.15) is 17.5 Å². The molecule has 0 atom stereocenters. The third-order valence-electron chi connectivity index (χ3n) is 9.55. The van der Waals surface area contributed by atoms with E-state index in [2.05, 4.69) is 41.8 Å². The normalized spacial score (nSPS) is 28.1. The predicted octanol–water partition coefficient (Wildman–Crippen LogP) is 7.15. The van der Waals surface area contributed by atoms with Crippen molar-refractivity contribution in [1.82, 2.24) is 14.8 Å². The summed E-state index contributed by atoms with van der Waals surface area (Å²) in [6.45, 7) is 6.99. The van der Waals surface area contributed by atoms with Crippen LogP contribution in [-0.2, 0) is 9.53 Å². The van der Waals surface area contributed by atoms with Crippen LogP contribution in [-0.4, -0.2) is 39.8 Å². The summed E-state index contributed by atoms with van der Waals surface area (Å²) in [5.74, 6) is 1.04. The van der Waals surface area contributed by atoms with Crippen LogP contribution in [0.25, 0.3) is 0 Å². The van der Waals surface area contributed by atoms with Gasteiger partial charge in [0.25, 0.3) is 0 Å². The van der Waals surface area contributed by atoms with E-state index in [1.165, 1.54) is 24.8 Å². The fourth-order valence-corrected chi connectivity index (χ4v) is 8.13. The predicted molar refractivity (Wildman–Crippen MR) is 151 cm³/mol. The number of rotatable bonds is 6. The first-order valence-corrected chi connectivity index (χ1v) is 15.5. The lowest BCUT2D eigenvalue weighted by atomic mass is 9.73. The summed E-state index contributed by atoms with van der Waals surface area (Å²) >= 11 is 1.56. The third kappa shape index (κ3) is 5.85. The molecule has 0 aliphatic heterocycles. The van der Waals surface area contributed by atoms with Gasteiger partial charge >= 0.3 is 5.97 Å². The van der Waals surface area contributed by atoms with Crippen molar-refractivity contribution in [3.63, 3.8) is 0 Å². The highest BCUT2D eigenvalue weighted by Gasteiger charge is 2.39. The molecule has 208 valence electrons. The minimum atomic E-state index is -0.321. The van der Waals surface area contributed by atoms with Crippen LogP contribution in [0.5, 0.6) is 0 Å². The lowest BCUT2D eigenvalue weighted by molar-refractivity contribution is -0.124. The molecule has 3 aliphatic rings. The molecular weight excluding hydrogens is 496 g/mol. The van der Waals surface area contributed by atoms with Crippen LogP contribution in [0.15, 0.2) is 18.7 Å². The highest BCUT2D eigenvalue weighted by molar-refractivity contribution is 7.14. The minimum Gasteiger partial charge on any atom is -0.465 e. The Bertz CT molecular complexity index is 1080. The van der Waals surface area contributed by atoms with Crippen LogP contribution < -0.4 is 4.90 Å². The topological polar surface area (TPSA) is 77.3 Å². The van der Waals surface area contributed by atoms with E-state index in [4.69, 9.17) is 4.74 Å². The molecule has 8 heteroatoms. The summed E-state index contributed by atoms with van der Waals surface area (Å²) in [6.07, 6.45) is 15.8. The molecule has 0 bridgehead atoms. The van der Waals surface area contributed by atoms with E-state index in [1.807, 2.05) is 4.68 Å². The number of carbonyl (C=O) groups is 2. The lowest BCUT2D eigenvalue weighted by Crippen LogP contribution is -2.46. The van der Waals surface area contributed by atoms with Crippen molar-refractivity contribution in [3.05, 3.63) is 28.5 Å². The third-order valence-corrected chi connectivity index (χ3v) is 10.8. The molecule has 0 saturated heterocycles. The van der Waals surface area contributed by atoms with Gasteiger partial charge in [-0.15, -0.1) is 11.3 Å². The zero-order valence-electron chi connectivity index (χ0n) is 23.5. The van der Waals surface area contributed by atoms with E-state index in [9.17, 15) is 9.59 Å². The average Bonchev–Trinajstić information content (AvgIpc) is 3.60. The summed E-state index contributed by atoms with van der Waals surface area (Å²) in [7, 11) is 1.45. The summed E-state index contributed by atoms with van der Waals surface area (Å²) in [6, 6.07) is 2.58. The Hall–Kier alpha value is -2.22. The molecular formula is C30H44N4O3S. The molecule has 0 spiro atoms. The van der Waals surface area contributed by atoms with E-state index in [0.717, 1.165) is 69.9 Å². The van der Waals surface area contributed by atoms with E-state index < -0.39 is 0 Å². The number of anilines is 1. The van der Waals surface area contributed by atoms with Crippen molar-refractivity contribution in [2.24, 2.45) is 17.3 Å². The van der Waals surface area contributed by atoms with E-state index in [0.29, 0.717) is 28.2 Å². The zero-order chi connectivity index (χ0) is 26.9. The number of aromatic nitrogens is 3. The second kappa shape index (κ2) is 11.5. The first-order valence-electron chi connectivity index (χ1n) is 14.6. The maximum absolute atomic E-state index is 14.3. The number of carbonyl (C=O) groups excluding carboxylic acids is 2. The Morgan fingerprint density at radius 2 is 1.71 bits per heavy atom. The summed E-state index contributed by atoms with van der Waals surface area (Å²) in [4.78, 5) is 35.4. The second-order valence-electron chi connectivity index (χ2n) is 12.8. The standard InChI is InChI=1S/C30H44N4O3S/c1-20-5-7-22(8-6-20)28(35)34(24-11-9-23(10-12-24)33-19-31-18-32-33)25-17-26(38-27(25)29(36)37-4)21-13-15-30(2,3)16-14-21/h17-24H,5-16H2,1-4H3. The number of esters is 1. The SMILES string of the molecule is COC(=O)c1sc(C2CCC(C)(C)CC2)cc1N(C(=O)C1CCC(C)CC1)C1CCC(n2cncn2)CC1. The molecule has 3 saturated carbocycles. The van der Waals surface area contributed by atoms with Crippen molar-refractivity contribution >= 4 is 28.9 Å². The van der Waals surface area contributed by atoms with Gasteiger partial charge in [0.05, 0.1) is 18.8 Å². The number of hydrogen-bond acceptors (Lipinski definition) is 6. The van der Waals surface area contributed by atoms with Crippen molar-refractivity contribution in [2.45, 2.75) is 116 Å². The van der Waals surface area contributed by atoms with Gasteiger partial charge in [0, 0.05) is 16.8 Å². The molecule has 38 heavy (non-hydrogen) atoms. The van der Waals surface area contributed by atoms with Gasteiger partial charge in [-0.2, -0.15) is 5.10 Å². The molecule has 3 aliphatic carbocycles. The Labute approximate surface area is 231 Å². The van der Waals surface area contributed by atoms with Gasteiger partial charge < -0.3 is 9.64 Å². The maximum Gasteiger partial charge on any atom is 0.350 e. The molecule has 1 amide bonds. The van der Waals surface area contributed by atoms with Crippen molar-refractivity contribution < 1.29 is 14.3 Å². The highest BCUT2D eigenvalue weighted by Crippen LogP contribution is 2.47. The van der Waals surface area contributed by atoms with Crippen molar-refractivity contribution in [1.29, 1.82) is 0 Å². The number of amides is 1. The van der Waals surface area contributed by atoms with Gasteiger partial charge in [0.15, 0.2) is 0 Å². The fourth-order valence-electron chi connectivity index (χ4n) is 6.89. The Morgan fingerprint density at radius 1 is 1.03 bits per heavy atom. The van der Waals surface area contributed by atoms with Gasteiger partial charge in [-0.1, -0.05) is 20.8 Å². The Morgan fingerprint density at radius 3 is 2.32 bits per heavy atom. The number of ether oxygens (including phenoxy) is 1. The van der Waals surface area contributed by atoms with Crippen LogP contribution >= 0.6 is 11.3 Å². The van der Waals surface area contributed by atoms with Gasteiger partial charge in [-0.25, -0.2) is 14.5 Å². The van der Waals surface area contributed by atoms with E-state index in [-0.39, 0.29) is 23.8 Å². The van der Waals surface area contributed by atoms with Crippen LogP contribution in [0, 0.1) is 17.3 Å². The van der Waals surface area contributed by atoms with Crippen molar-refractivity contribution in [2.75, 3.05) is 12.0 Å². The highest BCUT2D eigenvalue weighted by atomic mass is 32.1. The first-order chi connectivity index (χ1) is 18.3. The molecule has 7 nitrogen and oxygen atoms in total. The Kier molecular flexibility index (Phi) is 8.27.